The molecule has 2 fully saturated rings. The summed E-state index contributed by atoms with van der Waals surface area (Å²) in [5.41, 5.74) is 3.05. The molecule has 2 atom stereocenters. The Balaban J connectivity index is 1.54. The standard InChI is InChI=1S/C19H20N8O9S4/c1-26-18(23-24-25-26)38-5-6-4-37-17-19(36-2,16(35)27(17)9(6)11(31)21-3-7(28)29)22-12(32)15-39-14(40-15)8(10(20)30)13(33)34/h15,17H,3-5H2,1-2H3,(H2,20,30)(H,21,31)(H,22,32)(H,28,29)(H,33,34)/t15?,17-,19+/m1/s1. The molecule has 3 aliphatic rings. The maximum atomic E-state index is 13.5. The minimum Gasteiger partial charge on any atom is -0.480 e. The lowest BCUT2D eigenvalue weighted by Gasteiger charge is -2.56. The van der Waals surface area contributed by atoms with E-state index < -0.39 is 63.4 Å². The molecule has 40 heavy (non-hydrogen) atoms. The maximum Gasteiger partial charge on any atom is 0.343 e. The Bertz CT molecular complexity index is 1360. The van der Waals surface area contributed by atoms with Crippen molar-refractivity contribution in [2.45, 2.75) is 20.8 Å². The molecule has 1 aromatic heterocycles. The Hall–Kier alpha value is -3.27. The van der Waals surface area contributed by atoms with E-state index in [1.54, 1.807) is 7.05 Å². The van der Waals surface area contributed by atoms with Gasteiger partial charge >= 0.3 is 11.9 Å². The molecule has 0 aromatic carbocycles. The molecule has 0 unspecified atom stereocenters. The number of β-lactam (4-membered cyclic amide) rings is 1. The van der Waals surface area contributed by atoms with E-state index in [4.69, 9.17) is 20.7 Å². The number of nitrogens with two attached hydrogens (primary N) is 1. The van der Waals surface area contributed by atoms with Crippen molar-refractivity contribution in [1.29, 1.82) is 0 Å². The predicted octanol–water partition coefficient (Wildman–Crippen LogP) is -2.28. The van der Waals surface area contributed by atoms with Crippen LogP contribution >= 0.6 is 47.0 Å². The fraction of sp³-hybridized carbons (Fsp3) is 0.421. The van der Waals surface area contributed by atoms with Gasteiger partial charge < -0.3 is 31.3 Å². The number of methoxy groups -OCH3 is 1. The second kappa shape index (κ2) is 11.7. The summed E-state index contributed by atoms with van der Waals surface area (Å²) in [7, 11) is 2.84. The van der Waals surface area contributed by atoms with Crippen LogP contribution in [0.2, 0.25) is 0 Å². The molecular weight excluding hydrogens is 613 g/mol. The largest absolute Gasteiger partial charge is 0.480 e. The molecule has 0 saturated carbocycles. The van der Waals surface area contributed by atoms with Gasteiger partial charge in [-0.3, -0.25) is 28.9 Å². The normalized spacial score (nSPS) is 23.5. The van der Waals surface area contributed by atoms with Gasteiger partial charge in [0.15, 0.2) is 0 Å². The van der Waals surface area contributed by atoms with Gasteiger partial charge in [-0.2, -0.15) is 0 Å². The van der Waals surface area contributed by atoms with Crippen molar-refractivity contribution in [3.05, 3.63) is 21.1 Å². The van der Waals surface area contributed by atoms with Crippen LogP contribution in [0.4, 0.5) is 0 Å². The second-order valence-electron chi connectivity index (χ2n) is 8.07. The van der Waals surface area contributed by atoms with Gasteiger partial charge in [0.25, 0.3) is 23.4 Å². The third-order valence-corrected chi connectivity index (χ3v) is 10.9. The summed E-state index contributed by atoms with van der Waals surface area (Å²) in [5.74, 6) is -5.77. The highest BCUT2D eigenvalue weighted by Gasteiger charge is 2.67. The van der Waals surface area contributed by atoms with Crippen LogP contribution in [0.15, 0.2) is 26.2 Å². The third-order valence-electron chi connectivity index (χ3n) is 5.62. The molecule has 0 spiro atoms. The quantitative estimate of drug-likeness (QED) is 0.0430. The number of carboxylic acid groups (broad SMARTS) is 2. The highest BCUT2D eigenvalue weighted by atomic mass is 32.3. The lowest BCUT2D eigenvalue weighted by molar-refractivity contribution is -0.191. The fourth-order valence-electron chi connectivity index (χ4n) is 3.77. The lowest BCUT2D eigenvalue weighted by atomic mass is 9.98. The zero-order valence-electron chi connectivity index (χ0n) is 20.5. The summed E-state index contributed by atoms with van der Waals surface area (Å²) in [6, 6.07) is 0. The Morgan fingerprint density at radius 3 is 2.50 bits per heavy atom. The van der Waals surface area contributed by atoms with E-state index >= 15 is 0 Å². The van der Waals surface area contributed by atoms with Gasteiger partial charge in [0, 0.05) is 25.7 Å². The summed E-state index contributed by atoms with van der Waals surface area (Å²) < 4.78 is 6.05. The first-order chi connectivity index (χ1) is 18.9. The zero-order valence-corrected chi connectivity index (χ0v) is 23.7. The van der Waals surface area contributed by atoms with E-state index in [2.05, 4.69) is 26.2 Å². The summed E-state index contributed by atoms with van der Waals surface area (Å²) >= 11 is 4.01. The summed E-state index contributed by atoms with van der Waals surface area (Å²) in [5, 5.41) is 33.7. The Morgan fingerprint density at radius 2 is 1.95 bits per heavy atom. The number of fused-ring (bicyclic) bond motifs is 1. The van der Waals surface area contributed by atoms with E-state index in [1.165, 1.54) is 35.3 Å². The number of carbonyl (C=O) groups excluding carboxylic acids is 4. The predicted molar refractivity (Wildman–Crippen MR) is 141 cm³/mol. The number of carbonyl (C=O) groups is 6. The number of hydrogen-bond acceptors (Lipinski definition) is 14. The average molecular weight is 633 g/mol. The molecule has 2 saturated heterocycles. The van der Waals surface area contributed by atoms with Crippen LogP contribution in [0.1, 0.15) is 0 Å². The van der Waals surface area contributed by atoms with Gasteiger partial charge in [0.2, 0.25) is 11.1 Å². The first-order valence-corrected chi connectivity index (χ1v) is 14.7. The monoisotopic (exact) mass is 632 g/mol. The van der Waals surface area contributed by atoms with Crippen LogP contribution in [0, 0.1) is 0 Å². The lowest BCUT2D eigenvalue weighted by Crippen LogP contribution is -2.81. The van der Waals surface area contributed by atoms with Gasteiger partial charge in [-0.05, 0) is 16.0 Å². The number of aromatic nitrogens is 4. The Kier molecular flexibility index (Phi) is 8.68. The fourth-order valence-corrected chi connectivity index (χ4v) is 8.41. The number of nitrogens with zero attached hydrogens (tertiary/aromatic N) is 5. The Labute approximate surface area is 241 Å². The molecular formula is C19H20N8O9S4. The number of ether oxygens (including phenoxy) is 1. The second-order valence-corrected chi connectivity index (χ2v) is 12.9. The van der Waals surface area contributed by atoms with Gasteiger partial charge in [-0.25, -0.2) is 9.48 Å². The van der Waals surface area contributed by atoms with Crippen LogP contribution in [0.5, 0.6) is 0 Å². The molecule has 4 rings (SSSR count). The SMILES string of the molecule is CO[C@@]1(NC(=O)C2SC(=C(C(N)=O)C(=O)O)S2)C(=O)N2C(C(=O)NCC(=O)O)=C(CSc3nnnn3C)CS[C@@H]21. The number of hydrogen-bond donors (Lipinski definition) is 5. The first-order valence-electron chi connectivity index (χ1n) is 10.9. The van der Waals surface area contributed by atoms with E-state index in [-0.39, 0.29) is 21.4 Å². The average Bonchev–Trinajstić information content (AvgIpc) is 3.29. The van der Waals surface area contributed by atoms with Gasteiger partial charge in [-0.15, -0.1) is 16.9 Å². The van der Waals surface area contributed by atoms with Crippen LogP contribution in [-0.4, -0.2) is 112 Å². The van der Waals surface area contributed by atoms with Crippen molar-refractivity contribution >= 4 is 82.6 Å². The van der Waals surface area contributed by atoms with Crippen LogP contribution in [-0.2, 0) is 40.6 Å². The van der Waals surface area contributed by atoms with Crippen molar-refractivity contribution < 1.29 is 43.7 Å². The first kappa shape index (κ1) is 29.7. The molecule has 21 heteroatoms. The molecule has 0 aliphatic carbocycles. The highest BCUT2D eigenvalue weighted by molar-refractivity contribution is 8.39. The number of aliphatic carboxylic acids is 2. The molecule has 0 bridgehead atoms. The smallest absolute Gasteiger partial charge is 0.343 e. The van der Waals surface area contributed by atoms with Crippen molar-refractivity contribution in [2.75, 3.05) is 25.2 Å². The molecule has 3 aliphatic heterocycles. The summed E-state index contributed by atoms with van der Waals surface area (Å²) in [6.07, 6.45) is 0. The van der Waals surface area contributed by atoms with Gasteiger partial charge in [0.1, 0.15) is 27.8 Å². The van der Waals surface area contributed by atoms with Crippen LogP contribution in [0.25, 0.3) is 0 Å². The summed E-state index contributed by atoms with van der Waals surface area (Å²) in [6.45, 7) is -0.683. The van der Waals surface area contributed by atoms with E-state index in [0.29, 0.717) is 10.7 Å². The van der Waals surface area contributed by atoms with Gasteiger partial charge in [0.05, 0.1) is 4.24 Å². The molecule has 4 amide bonds. The van der Waals surface area contributed by atoms with Crippen molar-refractivity contribution in [3.8, 4) is 0 Å². The topological polar surface area (TPSA) is 249 Å². The van der Waals surface area contributed by atoms with E-state index in [9.17, 15) is 28.8 Å². The van der Waals surface area contributed by atoms with Crippen LogP contribution < -0.4 is 16.4 Å². The van der Waals surface area contributed by atoms with Crippen molar-refractivity contribution in [2.24, 2.45) is 12.8 Å². The number of rotatable bonds is 11. The molecule has 214 valence electrons. The molecule has 17 nitrogen and oxygen atoms in total. The van der Waals surface area contributed by atoms with Crippen LogP contribution in [0.3, 0.4) is 0 Å². The zero-order chi connectivity index (χ0) is 29.4. The number of aryl methyl sites for hydroxylation is 1. The Morgan fingerprint density at radius 1 is 1.25 bits per heavy atom. The molecule has 6 N–H and O–H groups in total. The number of amides is 4. The maximum absolute atomic E-state index is 13.5. The number of primary amides is 1. The van der Waals surface area contributed by atoms with Gasteiger partial charge in [-0.1, -0.05) is 35.3 Å². The molecule has 1 aromatic rings. The number of nitrogens with one attached hydrogen (secondary N) is 2. The van der Waals surface area contributed by atoms with Crippen molar-refractivity contribution in [1.82, 2.24) is 35.7 Å². The number of tetrazole rings is 1. The highest BCUT2D eigenvalue weighted by Crippen LogP contribution is 2.53. The van der Waals surface area contributed by atoms with E-state index in [1.807, 2.05) is 0 Å². The number of carboxylic acids is 2. The minimum absolute atomic E-state index is 0.0563. The third kappa shape index (κ3) is 5.38. The van der Waals surface area contributed by atoms with E-state index in [0.717, 1.165) is 28.4 Å². The number of thioether (sulfide) groups is 4. The molecule has 0 radical (unpaired) electrons. The molecule has 4 heterocycles. The van der Waals surface area contributed by atoms with Crippen molar-refractivity contribution in [3.63, 3.8) is 0 Å². The summed E-state index contributed by atoms with van der Waals surface area (Å²) in [4.78, 5) is 74.4. The minimum atomic E-state index is -1.85.